The first-order valence-electron chi connectivity index (χ1n) is 7.09. The van der Waals surface area contributed by atoms with Crippen LogP contribution in [0.5, 0.6) is 0 Å². The molecule has 0 amide bonds. The topological polar surface area (TPSA) is 25.8 Å². The number of aromatic nitrogens is 2. The first-order valence-corrected chi connectivity index (χ1v) is 7.09. The Morgan fingerprint density at radius 1 is 1.05 bits per heavy atom. The summed E-state index contributed by atoms with van der Waals surface area (Å²) < 4.78 is 13.4. The Hall–Kier alpha value is -1.51. The van der Waals surface area contributed by atoms with Gasteiger partial charge in [-0.25, -0.2) is 9.37 Å². The predicted molar refractivity (Wildman–Crippen MR) is 81.1 cm³/mol. The second kappa shape index (κ2) is 4.80. The van der Waals surface area contributed by atoms with Crippen LogP contribution in [0.4, 0.5) is 4.39 Å². The molecule has 0 aliphatic heterocycles. The number of rotatable bonds is 2. The molecule has 0 radical (unpaired) electrons. The minimum Gasteiger partial charge on any atom is -0.253 e. The SMILES string of the molecule is CC(C)[C@](C)(c1cnc2ccc(F)cc2n1)C(C)(C)C. The molecule has 0 fully saturated rings. The molecule has 0 spiro atoms. The largest absolute Gasteiger partial charge is 0.253 e. The third-order valence-electron chi connectivity index (χ3n) is 4.75. The third-order valence-corrected chi connectivity index (χ3v) is 4.75. The number of fused-ring (bicyclic) bond motifs is 1. The standard InChI is InChI=1S/C17H23FN2/c1-11(2)17(6,16(3,4)5)15-10-19-13-8-7-12(18)9-14(13)20-15/h7-11H,1-6H3/t17-/m1/s1. The van der Waals surface area contributed by atoms with Crippen molar-refractivity contribution in [3.63, 3.8) is 0 Å². The molecule has 0 saturated heterocycles. The molecule has 0 aliphatic rings. The molecule has 108 valence electrons. The van der Waals surface area contributed by atoms with Crippen LogP contribution in [0.2, 0.25) is 0 Å². The minimum absolute atomic E-state index is 0.0385. The lowest BCUT2D eigenvalue weighted by molar-refractivity contribution is 0.137. The van der Waals surface area contributed by atoms with Crippen molar-refractivity contribution in [1.29, 1.82) is 0 Å². The Balaban J connectivity index is 2.66. The zero-order valence-corrected chi connectivity index (χ0v) is 13.2. The quantitative estimate of drug-likeness (QED) is 0.791. The molecular formula is C17H23FN2. The minimum atomic E-state index is -0.272. The first-order chi connectivity index (χ1) is 9.16. The fraction of sp³-hybridized carbons (Fsp3) is 0.529. The summed E-state index contributed by atoms with van der Waals surface area (Å²) in [5, 5.41) is 0. The number of benzene rings is 1. The molecule has 0 saturated carbocycles. The lowest BCUT2D eigenvalue weighted by atomic mass is 9.60. The average molecular weight is 274 g/mol. The molecule has 1 heterocycles. The lowest BCUT2D eigenvalue weighted by Crippen LogP contribution is -2.42. The van der Waals surface area contributed by atoms with Crippen LogP contribution in [0, 0.1) is 17.2 Å². The Kier molecular flexibility index (Phi) is 3.57. The van der Waals surface area contributed by atoms with E-state index in [2.05, 4.69) is 46.5 Å². The van der Waals surface area contributed by atoms with Crippen LogP contribution in [-0.2, 0) is 5.41 Å². The molecule has 1 atom stereocenters. The number of nitrogens with zero attached hydrogens (tertiary/aromatic N) is 2. The fourth-order valence-corrected chi connectivity index (χ4v) is 2.78. The molecule has 0 aliphatic carbocycles. The zero-order chi connectivity index (χ0) is 15.1. The molecule has 2 aromatic rings. The van der Waals surface area contributed by atoms with Crippen molar-refractivity contribution in [2.45, 2.75) is 47.0 Å². The second-order valence-electron chi connectivity index (χ2n) is 7.00. The van der Waals surface area contributed by atoms with Gasteiger partial charge in [-0.15, -0.1) is 0 Å². The van der Waals surface area contributed by atoms with Gasteiger partial charge in [0.25, 0.3) is 0 Å². The zero-order valence-electron chi connectivity index (χ0n) is 13.2. The Morgan fingerprint density at radius 3 is 2.25 bits per heavy atom. The summed E-state index contributed by atoms with van der Waals surface area (Å²) in [6.45, 7) is 13.2. The van der Waals surface area contributed by atoms with Gasteiger partial charge in [0.15, 0.2) is 0 Å². The molecule has 2 nitrogen and oxygen atoms in total. The number of halogens is 1. The van der Waals surface area contributed by atoms with E-state index in [1.165, 1.54) is 12.1 Å². The first kappa shape index (κ1) is 14.9. The van der Waals surface area contributed by atoms with E-state index in [0.717, 1.165) is 11.2 Å². The normalized spacial score (nSPS) is 15.6. The van der Waals surface area contributed by atoms with Gasteiger partial charge in [-0.05, 0) is 23.5 Å². The van der Waals surface area contributed by atoms with Crippen LogP contribution in [-0.4, -0.2) is 9.97 Å². The lowest BCUT2D eigenvalue weighted by Gasteiger charge is -2.44. The summed E-state index contributed by atoms with van der Waals surface area (Å²) in [5.41, 5.74) is 2.20. The van der Waals surface area contributed by atoms with Crippen molar-refractivity contribution in [3.05, 3.63) is 35.9 Å². The van der Waals surface area contributed by atoms with Crippen molar-refractivity contribution < 1.29 is 4.39 Å². The molecule has 0 unspecified atom stereocenters. The van der Waals surface area contributed by atoms with Crippen molar-refractivity contribution in [2.75, 3.05) is 0 Å². The van der Waals surface area contributed by atoms with Gasteiger partial charge < -0.3 is 0 Å². The van der Waals surface area contributed by atoms with E-state index in [-0.39, 0.29) is 16.6 Å². The van der Waals surface area contributed by atoms with E-state index in [1.807, 2.05) is 6.20 Å². The van der Waals surface area contributed by atoms with E-state index >= 15 is 0 Å². The van der Waals surface area contributed by atoms with E-state index in [0.29, 0.717) is 11.4 Å². The maximum absolute atomic E-state index is 13.4. The van der Waals surface area contributed by atoms with E-state index < -0.39 is 0 Å². The molecule has 0 N–H and O–H groups in total. The molecule has 1 aromatic carbocycles. The number of hydrogen-bond donors (Lipinski definition) is 0. The van der Waals surface area contributed by atoms with Gasteiger partial charge in [0.1, 0.15) is 5.82 Å². The second-order valence-corrected chi connectivity index (χ2v) is 7.00. The summed E-state index contributed by atoms with van der Waals surface area (Å²) in [6, 6.07) is 4.54. The highest BCUT2D eigenvalue weighted by atomic mass is 19.1. The van der Waals surface area contributed by atoms with Crippen LogP contribution in [0.1, 0.15) is 47.2 Å². The van der Waals surface area contributed by atoms with Gasteiger partial charge in [0, 0.05) is 17.7 Å². The van der Waals surface area contributed by atoms with E-state index in [4.69, 9.17) is 4.98 Å². The fourth-order valence-electron chi connectivity index (χ4n) is 2.78. The molecule has 2 rings (SSSR count). The van der Waals surface area contributed by atoms with Crippen LogP contribution in [0.15, 0.2) is 24.4 Å². The highest BCUT2D eigenvalue weighted by molar-refractivity contribution is 5.74. The van der Waals surface area contributed by atoms with Crippen molar-refractivity contribution in [3.8, 4) is 0 Å². The van der Waals surface area contributed by atoms with Crippen molar-refractivity contribution >= 4 is 11.0 Å². The maximum Gasteiger partial charge on any atom is 0.125 e. The smallest absolute Gasteiger partial charge is 0.125 e. The predicted octanol–water partition coefficient (Wildman–Crippen LogP) is 4.73. The highest BCUT2D eigenvalue weighted by Crippen LogP contribution is 2.46. The van der Waals surface area contributed by atoms with Crippen LogP contribution in [0.3, 0.4) is 0 Å². The van der Waals surface area contributed by atoms with Gasteiger partial charge in [-0.1, -0.05) is 41.5 Å². The number of hydrogen-bond acceptors (Lipinski definition) is 2. The monoisotopic (exact) mass is 274 g/mol. The van der Waals surface area contributed by atoms with E-state index in [9.17, 15) is 4.39 Å². The summed E-state index contributed by atoms with van der Waals surface area (Å²) in [5.74, 6) is 0.133. The molecule has 3 heteroatoms. The summed E-state index contributed by atoms with van der Waals surface area (Å²) in [4.78, 5) is 9.15. The van der Waals surface area contributed by atoms with E-state index in [1.54, 1.807) is 6.07 Å². The van der Waals surface area contributed by atoms with Crippen molar-refractivity contribution in [2.24, 2.45) is 11.3 Å². The van der Waals surface area contributed by atoms with Gasteiger partial charge in [-0.3, -0.25) is 4.98 Å². The Labute approximate surface area is 120 Å². The molecule has 1 aromatic heterocycles. The summed E-state index contributed by atoms with van der Waals surface area (Å²) >= 11 is 0. The third kappa shape index (κ3) is 2.30. The van der Waals surface area contributed by atoms with Gasteiger partial charge in [0.2, 0.25) is 0 Å². The molecular weight excluding hydrogens is 251 g/mol. The maximum atomic E-state index is 13.4. The van der Waals surface area contributed by atoms with Crippen molar-refractivity contribution in [1.82, 2.24) is 9.97 Å². The van der Waals surface area contributed by atoms with Crippen LogP contribution >= 0.6 is 0 Å². The van der Waals surface area contributed by atoms with Gasteiger partial charge in [-0.2, -0.15) is 0 Å². The van der Waals surface area contributed by atoms with Gasteiger partial charge >= 0.3 is 0 Å². The highest BCUT2D eigenvalue weighted by Gasteiger charge is 2.43. The van der Waals surface area contributed by atoms with Crippen LogP contribution in [0.25, 0.3) is 11.0 Å². The molecule has 0 bridgehead atoms. The average Bonchev–Trinajstić information content (AvgIpc) is 2.35. The Bertz CT molecular complexity index is 628. The van der Waals surface area contributed by atoms with Crippen LogP contribution < -0.4 is 0 Å². The Morgan fingerprint density at radius 2 is 1.70 bits per heavy atom. The summed E-state index contributed by atoms with van der Waals surface area (Å²) in [6.07, 6.45) is 1.84. The summed E-state index contributed by atoms with van der Waals surface area (Å²) in [7, 11) is 0. The van der Waals surface area contributed by atoms with Gasteiger partial charge in [0.05, 0.1) is 16.7 Å². The molecule has 20 heavy (non-hydrogen) atoms.